The third kappa shape index (κ3) is 3.78. The van der Waals surface area contributed by atoms with Gasteiger partial charge in [-0.3, -0.25) is 4.79 Å². The van der Waals surface area contributed by atoms with Crippen LogP contribution in [0.2, 0.25) is 5.02 Å². The van der Waals surface area contributed by atoms with Crippen molar-refractivity contribution in [2.24, 2.45) is 0 Å². The van der Waals surface area contributed by atoms with Crippen molar-refractivity contribution in [1.29, 1.82) is 0 Å². The zero-order valence-corrected chi connectivity index (χ0v) is 14.1. The van der Waals surface area contributed by atoms with Crippen LogP contribution >= 0.6 is 22.9 Å². The Bertz CT molecular complexity index is 844. The molecule has 1 amide bonds. The maximum absolute atomic E-state index is 12.2. The van der Waals surface area contributed by atoms with Crippen LogP contribution in [-0.2, 0) is 6.54 Å². The standard InChI is InChI=1S/C18H15ClN2OS/c1-12-11-23-18(21-12)14-6-4-5-13(9-14)10-20-17(22)15-7-2-3-8-16(15)19/h2-9,11H,10H2,1H3,(H,20,22). The number of thiazole rings is 1. The summed E-state index contributed by atoms with van der Waals surface area (Å²) in [6, 6.07) is 15.1. The fourth-order valence-electron chi connectivity index (χ4n) is 2.22. The van der Waals surface area contributed by atoms with Gasteiger partial charge < -0.3 is 5.32 Å². The molecule has 116 valence electrons. The molecule has 5 heteroatoms. The number of nitrogens with one attached hydrogen (secondary N) is 1. The summed E-state index contributed by atoms with van der Waals surface area (Å²) in [6.07, 6.45) is 0. The fraction of sp³-hybridized carbons (Fsp3) is 0.111. The summed E-state index contributed by atoms with van der Waals surface area (Å²) in [7, 11) is 0. The van der Waals surface area contributed by atoms with E-state index in [-0.39, 0.29) is 5.91 Å². The first kappa shape index (κ1) is 15.7. The number of hydrogen-bond acceptors (Lipinski definition) is 3. The van der Waals surface area contributed by atoms with Gasteiger partial charge in [0.05, 0.1) is 10.6 Å². The Kier molecular flexibility index (Phi) is 4.74. The van der Waals surface area contributed by atoms with Gasteiger partial charge in [-0.1, -0.05) is 41.9 Å². The van der Waals surface area contributed by atoms with Crippen LogP contribution in [0.5, 0.6) is 0 Å². The van der Waals surface area contributed by atoms with Crippen molar-refractivity contribution in [3.63, 3.8) is 0 Å². The first-order valence-corrected chi connectivity index (χ1v) is 8.43. The molecule has 3 aromatic rings. The van der Waals surface area contributed by atoms with Crippen LogP contribution in [0.15, 0.2) is 53.9 Å². The molecule has 3 rings (SSSR count). The Morgan fingerprint density at radius 1 is 1.22 bits per heavy atom. The Balaban J connectivity index is 1.71. The SMILES string of the molecule is Cc1csc(-c2cccc(CNC(=O)c3ccccc3Cl)c2)n1. The van der Waals surface area contributed by atoms with Gasteiger partial charge >= 0.3 is 0 Å². The van der Waals surface area contributed by atoms with Gasteiger partial charge in [0.2, 0.25) is 0 Å². The second-order valence-electron chi connectivity index (χ2n) is 5.16. The van der Waals surface area contributed by atoms with E-state index in [0.29, 0.717) is 17.1 Å². The molecule has 0 saturated carbocycles. The number of aromatic nitrogens is 1. The van der Waals surface area contributed by atoms with Gasteiger partial charge in [0.15, 0.2) is 0 Å². The first-order valence-electron chi connectivity index (χ1n) is 7.17. The van der Waals surface area contributed by atoms with Crippen LogP contribution < -0.4 is 5.32 Å². The molecule has 0 aliphatic heterocycles. The molecule has 0 aliphatic rings. The summed E-state index contributed by atoms with van der Waals surface area (Å²) < 4.78 is 0. The number of aryl methyl sites for hydroxylation is 1. The lowest BCUT2D eigenvalue weighted by Crippen LogP contribution is -2.23. The first-order chi connectivity index (χ1) is 11.1. The topological polar surface area (TPSA) is 42.0 Å². The lowest BCUT2D eigenvalue weighted by molar-refractivity contribution is 0.0951. The van der Waals surface area contributed by atoms with Crippen LogP contribution in [0, 0.1) is 6.92 Å². The molecule has 0 atom stereocenters. The number of nitrogens with zero attached hydrogens (tertiary/aromatic N) is 1. The highest BCUT2D eigenvalue weighted by atomic mass is 35.5. The lowest BCUT2D eigenvalue weighted by Gasteiger charge is -2.07. The average Bonchev–Trinajstić information content (AvgIpc) is 3.00. The number of hydrogen-bond donors (Lipinski definition) is 1. The summed E-state index contributed by atoms with van der Waals surface area (Å²) in [5.41, 5.74) is 3.59. The Labute approximate surface area is 144 Å². The minimum Gasteiger partial charge on any atom is -0.348 e. The molecule has 0 saturated heterocycles. The van der Waals surface area contributed by atoms with E-state index < -0.39 is 0 Å². The molecule has 0 bridgehead atoms. The van der Waals surface area contributed by atoms with Gasteiger partial charge in [0, 0.05) is 23.2 Å². The van der Waals surface area contributed by atoms with E-state index in [1.54, 1.807) is 35.6 Å². The summed E-state index contributed by atoms with van der Waals surface area (Å²) >= 11 is 7.66. The van der Waals surface area contributed by atoms with Gasteiger partial charge in [-0.25, -0.2) is 4.98 Å². The van der Waals surface area contributed by atoms with Gasteiger partial charge in [0.1, 0.15) is 5.01 Å². The molecule has 0 fully saturated rings. The van der Waals surface area contributed by atoms with E-state index in [0.717, 1.165) is 21.8 Å². The monoisotopic (exact) mass is 342 g/mol. The number of rotatable bonds is 4. The highest BCUT2D eigenvalue weighted by molar-refractivity contribution is 7.13. The van der Waals surface area contributed by atoms with Crippen molar-refractivity contribution in [2.45, 2.75) is 13.5 Å². The van der Waals surface area contributed by atoms with E-state index in [9.17, 15) is 4.79 Å². The molecule has 3 nitrogen and oxygen atoms in total. The minimum absolute atomic E-state index is 0.175. The molecule has 0 spiro atoms. The van der Waals surface area contributed by atoms with Crippen LogP contribution in [0.4, 0.5) is 0 Å². The maximum atomic E-state index is 12.2. The normalized spacial score (nSPS) is 10.5. The zero-order valence-electron chi connectivity index (χ0n) is 12.5. The summed E-state index contributed by atoms with van der Waals surface area (Å²) in [5.74, 6) is -0.175. The van der Waals surface area contributed by atoms with Crippen LogP contribution in [-0.4, -0.2) is 10.9 Å². The van der Waals surface area contributed by atoms with Crippen molar-refractivity contribution in [2.75, 3.05) is 0 Å². The average molecular weight is 343 g/mol. The number of amides is 1. The zero-order chi connectivity index (χ0) is 16.2. The second kappa shape index (κ2) is 6.94. The maximum Gasteiger partial charge on any atom is 0.253 e. The summed E-state index contributed by atoms with van der Waals surface area (Å²) in [5, 5.41) is 6.37. The molecule has 23 heavy (non-hydrogen) atoms. The van der Waals surface area contributed by atoms with Gasteiger partial charge in [-0.2, -0.15) is 0 Å². The Morgan fingerprint density at radius 2 is 2.04 bits per heavy atom. The smallest absolute Gasteiger partial charge is 0.253 e. The predicted octanol–water partition coefficient (Wildman–Crippen LogP) is 4.70. The molecule has 2 aromatic carbocycles. The third-order valence-electron chi connectivity index (χ3n) is 3.36. The van der Waals surface area contributed by atoms with Crippen molar-refractivity contribution in [3.8, 4) is 10.6 Å². The Morgan fingerprint density at radius 3 is 2.78 bits per heavy atom. The fourth-order valence-corrected chi connectivity index (χ4v) is 3.24. The largest absolute Gasteiger partial charge is 0.348 e. The lowest BCUT2D eigenvalue weighted by atomic mass is 10.1. The van der Waals surface area contributed by atoms with Gasteiger partial charge in [-0.15, -0.1) is 11.3 Å². The van der Waals surface area contributed by atoms with Gasteiger partial charge in [-0.05, 0) is 30.7 Å². The van der Waals surface area contributed by atoms with E-state index in [4.69, 9.17) is 11.6 Å². The number of benzene rings is 2. The van der Waals surface area contributed by atoms with Crippen molar-refractivity contribution in [3.05, 3.63) is 75.8 Å². The second-order valence-corrected chi connectivity index (χ2v) is 6.42. The molecule has 1 heterocycles. The van der Waals surface area contributed by atoms with Crippen molar-refractivity contribution < 1.29 is 4.79 Å². The molecule has 1 aromatic heterocycles. The van der Waals surface area contributed by atoms with Crippen LogP contribution in [0.3, 0.4) is 0 Å². The van der Waals surface area contributed by atoms with E-state index in [1.807, 2.05) is 36.6 Å². The molecule has 0 aliphatic carbocycles. The van der Waals surface area contributed by atoms with Crippen molar-refractivity contribution >= 4 is 28.8 Å². The molecular weight excluding hydrogens is 328 g/mol. The van der Waals surface area contributed by atoms with E-state index >= 15 is 0 Å². The van der Waals surface area contributed by atoms with E-state index in [1.165, 1.54) is 0 Å². The number of halogens is 1. The molecule has 0 unspecified atom stereocenters. The highest BCUT2D eigenvalue weighted by Gasteiger charge is 2.09. The van der Waals surface area contributed by atoms with E-state index in [2.05, 4.69) is 10.3 Å². The quantitative estimate of drug-likeness (QED) is 0.746. The number of carbonyl (C=O) groups excluding carboxylic acids is 1. The highest BCUT2D eigenvalue weighted by Crippen LogP contribution is 2.24. The minimum atomic E-state index is -0.175. The third-order valence-corrected chi connectivity index (χ3v) is 4.70. The van der Waals surface area contributed by atoms with Gasteiger partial charge in [0.25, 0.3) is 5.91 Å². The molecular formula is C18H15ClN2OS. The van der Waals surface area contributed by atoms with Crippen LogP contribution in [0.25, 0.3) is 10.6 Å². The van der Waals surface area contributed by atoms with Crippen LogP contribution in [0.1, 0.15) is 21.6 Å². The predicted molar refractivity (Wildman–Crippen MR) is 94.9 cm³/mol. The summed E-state index contributed by atoms with van der Waals surface area (Å²) in [4.78, 5) is 16.7. The Hall–Kier alpha value is -2.17. The number of carbonyl (C=O) groups is 1. The molecule has 1 N–H and O–H groups in total. The molecule has 0 radical (unpaired) electrons. The summed E-state index contributed by atoms with van der Waals surface area (Å²) in [6.45, 7) is 2.43. The van der Waals surface area contributed by atoms with Crippen molar-refractivity contribution in [1.82, 2.24) is 10.3 Å².